The lowest BCUT2D eigenvalue weighted by atomic mass is 10.0. The van der Waals surface area contributed by atoms with Crippen molar-refractivity contribution in [2.75, 3.05) is 18.4 Å². The summed E-state index contributed by atoms with van der Waals surface area (Å²) in [6.45, 7) is 3.36. The van der Waals surface area contributed by atoms with Crippen LogP contribution in [0.5, 0.6) is 0 Å². The van der Waals surface area contributed by atoms with Gasteiger partial charge in [0.1, 0.15) is 5.82 Å². The molecule has 5 heteroatoms. The van der Waals surface area contributed by atoms with E-state index in [2.05, 4.69) is 5.32 Å². The molecule has 2 aromatic rings. The zero-order chi connectivity index (χ0) is 17.1. The fourth-order valence-corrected chi connectivity index (χ4v) is 2.93. The standard InChI is InChI=1S/C19H19FN2O2/c1-13-5-4-6-16(17(13)19(24)22-11-2-3-12-22)21-18(23)14-7-9-15(20)10-8-14/h4-10H,2-3,11-12H2,1H3,(H,21,23). The van der Waals surface area contributed by atoms with Gasteiger partial charge in [0, 0.05) is 18.7 Å². The van der Waals surface area contributed by atoms with Crippen LogP contribution in [0, 0.1) is 12.7 Å². The number of anilines is 1. The Balaban J connectivity index is 1.87. The minimum atomic E-state index is -0.396. The topological polar surface area (TPSA) is 49.4 Å². The van der Waals surface area contributed by atoms with Gasteiger partial charge in [0.2, 0.25) is 0 Å². The number of benzene rings is 2. The van der Waals surface area contributed by atoms with E-state index in [0.29, 0.717) is 16.8 Å². The normalized spacial score (nSPS) is 13.8. The Morgan fingerprint density at radius 3 is 2.38 bits per heavy atom. The van der Waals surface area contributed by atoms with E-state index in [0.717, 1.165) is 31.5 Å². The molecule has 1 aliphatic rings. The zero-order valence-electron chi connectivity index (χ0n) is 13.5. The minimum Gasteiger partial charge on any atom is -0.339 e. The van der Waals surface area contributed by atoms with Crippen LogP contribution in [0.3, 0.4) is 0 Å². The Bertz CT molecular complexity index is 765. The van der Waals surface area contributed by atoms with Gasteiger partial charge in [-0.2, -0.15) is 0 Å². The van der Waals surface area contributed by atoms with E-state index in [4.69, 9.17) is 0 Å². The minimum absolute atomic E-state index is 0.0555. The highest BCUT2D eigenvalue weighted by molar-refractivity contribution is 6.09. The maximum atomic E-state index is 13.0. The lowest BCUT2D eigenvalue weighted by molar-refractivity contribution is 0.0793. The molecule has 0 spiro atoms. The molecule has 124 valence electrons. The number of hydrogen-bond acceptors (Lipinski definition) is 2. The third kappa shape index (κ3) is 3.30. The van der Waals surface area contributed by atoms with Crippen molar-refractivity contribution in [3.8, 4) is 0 Å². The quantitative estimate of drug-likeness (QED) is 0.936. The van der Waals surface area contributed by atoms with Crippen molar-refractivity contribution in [1.82, 2.24) is 4.90 Å². The van der Waals surface area contributed by atoms with Crippen LogP contribution in [-0.2, 0) is 0 Å². The van der Waals surface area contributed by atoms with Crippen LogP contribution in [0.15, 0.2) is 42.5 Å². The molecule has 0 unspecified atom stereocenters. The van der Waals surface area contributed by atoms with Gasteiger partial charge < -0.3 is 10.2 Å². The summed E-state index contributed by atoms with van der Waals surface area (Å²) in [6, 6.07) is 10.7. The number of amides is 2. The summed E-state index contributed by atoms with van der Waals surface area (Å²) in [5.41, 5.74) is 2.18. The number of nitrogens with one attached hydrogen (secondary N) is 1. The first kappa shape index (κ1) is 16.2. The second kappa shape index (κ2) is 6.83. The van der Waals surface area contributed by atoms with Crippen molar-refractivity contribution in [2.24, 2.45) is 0 Å². The van der Waals surface area contributed by atoms with Gasteiger partial charge >= 0.3 is 0 Å². The van der Waals surface area contributed by atoms with E-state index in [1.165, 1.54) is 24.3 Å². The van der Waals surface area contributed by atoms with E-state index >= 15 is 0 Å². The third-order valence-electron chi connectivity index (χ3n) is 4.23. The van der Waals surface area contributed by atoms with E-state index in [9.17, 15) is 14.0 Å². The lowest BCUT2D eigenvalue weighted by Gasteiger charge is -2.19. The van der Waals surface area contributed by atoms with Crippen molar-refractivity contribution >= 4 is 17.5 Å². The van der Waals surface area contributed by atoms with Crippen LogP contribution in [0.4, 0.5) is 10.1 Å². The second-order valence-electron chi connectivity index (χ2n) is 5.96. The summed E-state index contributed by atoms with van der Waals surface area (Å²) in [4.78, 5) is 27.0. The predicted molar refractivity (Wildman–Crippen MR) is 90.7 cm³/mol. The molecular weight excluding hydrogens is 307 g/mol. The van der Waals surface area contributed by atoms with Crippen LogP contribution < -0.4 is 5.32 Å². The Kier molecular flexibility index (Phi) is 4.60. The molecule has 0 atom stereocenters. The Hall–Kier alpha value is -2.69. The summed E-state index contributed by atoms with van der Waals surface area (Å²) >= 11 is 0. The number of carbonyl (C=O) groups excluding carboxylic acids is 2. The molecule has 0 radical (unpaired) electrons. The molecule has 2 aromatic carbocycles. The molecule has 1 fully saturated rings. The fourth-order valence-electron chi connectivity index (χ4n) is 2.93. The number of carbonyl (C=O) groups is 2. The van der Waals surface area contributed by atoms with Gasteiger partial charge in [0.05, 0.1) is 11.3 Å². The first-order valence-corrected chi connectivity index (χ1v) is 8.02. The van der Waals surface area contributed by atoms with E-state index in [-0.39, 0.29) is 11.8 Å². The van der Waals surface area contributed by atoms with Crippen molar-refractivity contribution < 1.29 is 14.0 Å². The van der Waals surface area contributed by atoms with E-state index in [1.54, 1.807) is 12.1 Å². The maximum absolute atomic E-state index is 13.0. The van der Waals surface area contributed by atoms with Gasteiger partial charge in [-0.1, -0.05) is 12.1 Å². The first-order valence-electron chi connectivity index (χ1n) is 8.02. The number of aryl methyl sites for hydroxylation is 1. The molecule has 0 bridgehead atoms. The molecule has 1 heterocycles. The summed E-state index contributed by atoms with van der Waals surface area (Å²) in [6.07, 6.45) is 2.02. The highest BCUT2D eigenvalue weighted by Gasteiger charge is 2.24. The fraction of sp³-hybridized carbons (Fsp3) is 0.263. The van der Waals surface area contributed by atoms with Crippen molar-refractivity contribution in [3.63, 3.8) is 0 Å². The number of hydrogen-bond donors (Lipinski definition) is 1. The highest BCUT2D eigenvalue weighted by Crippen LogP contribution is 2.24. The van der Waals surface area contributed by atoms with Crippen LogP contribution in [-0.4, -0.2) is 29.8 Å². The maximum Gasteiger partial charge on any atom is 0.256 e. The molecule has 3 rings (SSSR count). The Morgan fingerprint density at radius 2 is 1.71 bits per heavy atom. The molecule has 1 aliphatic heterocycles. The molecule has 0 aliphatic carbocycles. The number of nitrogens with zero attached hydrogens (tertiary/aromatic N) is 1. The average molecular weight is 326 g/mol. The summed E-state index contributed by atoms with van der Waals surface area (Å²) in [7, 11) is 0. The van der Waals surface area contributed by atoms with Gasteiger partial charge in [-0.05, 0) is 55.7 Å². The SMILES string of the molecule is Cc1cccc(NC(=O)c2ccc(F)cc2)c1C(=O)N1CCCC1. The largest absolute Gasteiger partial charge is 0.339 e. The number of rotatable bonds is 3. The lowest BCUT2D eigenvalue weighted by Crippen LogP contribution is -2.29. The number of likely N-dealkylation sites (tertiary alicyclic amines) is 1. The van der Waals surface area contributed by atoms with Crippen molar-refractivity contribution in [1.29, 1.82) is 0 Å². The molecule has 1 N–H and O–H groups in total. The molecule has 2 amide bonds. The van der Waals surface area contributed by atoms with E-state index in [1.807, 2.05) is 17.9 Å². The Labute approximate surface area is 140 Å². The van der Waals surface area contributed by atoms with Crippen LogP contribution in [0.1, 0.15) is 39.1 Å². The molecule has 4 nitrogen and oxygen atoms in total. The second-order valence-corrected chi connectivity index (χ2v) is 5.96. The average Bonchev–Trinajstić information content (AvgIpc) is 3.09. The van der Waals surface area contributed by atoms with Gasteiger partial charge in [-0.15, -0.1) is 0 Å². The van der Waals surface area contributed by atoms with Crippen LogP contribution in [0.25, 0.3) is 0 Å². The zero-order valence-corrected chi connectivity index (χ0v) is 13.5. The molecule has 24 heavy (non-hydrogen) atoms. The van der Waals surface area contributed by atoms with Crippen molar-refractivity contribution in [2.45, 2.75) is 19.8 Å². The summed E-state index contributed by atoms with van der Waals surface area (Å²) < 4.78 is 13.0. The first-order chi connectivity index (χ1) is 11.6. The van der Waals surface area contributed by atoms with Crippen LogP contribution in [0.2, 0.25) is 0 Å². The van der Waals surface area contributed by atoms with Crippen molar-refractivity contribution in [3.05, 3.63) is 65.0 Å². The smallest absolute Gasteiger partial charge is 0.256 e. The molecule has 0 aromatic heterocycles. The monoisotopic (exact) mass is 326 g/mol. The Morgan fingerprint density at radius 1 is 1.04 bits per heavy atom. The predicted octanol–water partition coefficient (Wildman–Crippen LogP) is 3.62. The molecule has 1 saturated heterocycles. The van der Waals surface area contributed by atoms with Gasteiger partial charge in [0.15, 0.2) is 0 Å². The molecular formula is C19H19FN2O2. The van der Waals surface area contributed by atoms with E-state index < -0.39 is 5.82 Å². The number of halogens is 1. The summed E-state index contributed by atoms with van der Waals surface area (Å²) in [5.74, 6) is -0.817. The highest BCUT2D eigenvalue weighted by atomic mass is 19.1. The van der Waals surface area contributed by atoms with Gasteiger partial charge in [-0.25, -0.2) is 4.39 Å². The summed E-state index contributed by atoms with van der Waals surface area (Å²) in [5, 5.41) is 2.78. The van der Waals surface area contributed by atoms with Gasteiger partial charge in [0.25, 0.3) is 11.8 Å². The van der Waals surface area contributed by atoms with Crippen LogP contribution >= 0.6 is 0 Å². The molecule has 0 saturated carbocycles. The van der Waals surface area contributed by atoms with Gasteiger partial charge in [-0.3, -0.25) is 9.59 Å². The third-order valence-corrected chi connectivity index (χ3v) is 4.23.